The standard InChI is InChI=1S/C39H37BrClN3O7/c1-23-12-11-17-27(41)33(23)43-19-10-4-9-18-30(46)50-22-28(24-13-5-2-6-14-24)42-36(47)31-32-37(48)44(29(21-45)25-15-7-3-8-16-25)35(38(43)49)39(32)20-26(40)34(31)51-39/h2-8,10-17,20,28-29,31-32,34-35,45H,9,18-19,21-22H2,1H3,(H,42,47)/b10-4-/t28-,29-,31-,32+,34-,35-,39+/m1/s1. The summed E-state index contributed by atoms with van der Waals surface area (Å²) in [6, 6.07) is 20.5. The summed E-state index contributed by atoms with van der Waals surface area (Å²) in [5.41, 5.74) is 0.945. The largest absolute Gasteiger partial charge is 0.463 e. The topological polar surface area (TPSA) is 125 Å². The lowest BCUT2D eigenvalue weighted by Gasteiger charge is -2.39. The van der Waals surface area contributed by atoms with E-state index in [1.165, 1.54) is 9.80 Å². The average molecular weight is 775 g/mol. The Kier molecular flexibility index (Phi) is 9.91. The van der Waals surface area contributed by atoms with Crippen molar-refractivity contribution in [1.82, 2.24) is 10.2 Å². The van der Waals surface area contributed by atoms with Crippen LogP contribution in [0.15, 0.2) is 102 Å². The van der Waals surface area contributed by atoms with Crippen molar-refractivity contribution in [3.8, 4) is 0 Å². The molecule has 0 aromatic heterocycles. The molecule has 3 aromatic rings. The summed E-state index contributed by atoms with van der Waals surface area (Å²) in [6.45, 7) is 1.29. The Morgan fingerprint density at radius 2 is 1.71 bits per heavy atom. The van der Waals surface area contributed by atoms with E-state index >= 15 is 4.79 Å². The number of hydrogen-bond acceptors (Lipinski definition) is 7. The van der Waals surface area contributed by atoms with Gasteiger partial charge in [0.15, 0.2) is 0 Å². The summed E-state index contributed by atoms with van der Waals surface area (Å²) in [5, 5.41) is 14.3. The maximum Gasteiger partial charge on any atom is 0.306 e. The Bertz CT molecular complexity index is 1890. The van der Waals surface area contributed by atoms with E-state index in [1.807, 2.05) is 49.4 Å². The number of allylic oxidation sites excluding steroid dienone is 1. The molecule has 4 aliphatic rings. The molecule has 7 rings (SSSR count). The number of cyclic esters (lactones) is 1. The van der Waals surface area contributed by atoms with Crippen LogP contribution in [0.1, 0.15) is 41.6 Å². The lowest BCUT2D eigenvalue weighted by atomic mass is 9.74. The van der Waals surface area contributed by atoms with Gasteiger partial charge in [-0.3, -0.25) is 19.2 Å². The van der Waals surface area contributed by atoms with Gasteiger partial charge in [0.1, 0.15) is 24.4 Å². The molecule has 0 saturated carbocycles. The summed E-state index contributed by atoms with van der Waals surface area (Å²) < 4.78 is 12.9. The van der Waals surface area contributed by atoms with Crippen LogP contribution >= 0.6 is 27.5 Å². The van der Waals surface area contributed by atoms with E-state index in [2.05, 4.69) is 21.2 Å². The fourth-order valence-electron chi connectivity index (χ4n) is 7.93. The predicted octanol–water partition coefficient (Wildman–Crippen LogP) is 5.34. The fourth-order valence-corrected chi connectivity index (χ4v) is 8.99. The number of amides is 3. The van der Waals surface area contributed by atoms with Crippen molar-refractivity contribution in [3.63, 3.8) is 0 Å². The molecule has 12 heteroatoms. The molecule has 10 nitrogen and oxygen atoms in total. The molecular weight excluding hydrogens is 738 g/mol. The van der Waals surface area contributed by atoms with Crippen LogP contribution in [0.4, 0.5) is 5.69 Å². The monoisotopic (exact) mass is 773 g/mol. The van der Waals surface area contributed by atoms with Crippen LogP contribution < -0.4 is 10.2 Å². The van der Waals surface area contributed by atoms with Gasteiger partial charge in [-0.05, 0) is 42.2 Å². The van der Waals surface area contributed by atoms with Crippen LogP contribution in [0.2, 0.25) is 5.02 Å². The Hall–Kier alpha value is -4.29. The van der Waals surface area contributed by atoms with Gasteiger partial charge < -0.3 is 29.7 Å². The number of esters is 1. The second kappa shape index (κ2) is 14.4. The van der Waals surface area contributed by atoms with Crippen molar-refractivity contribution in [3.05, 3.63) is 123 Å². The zero-order chi connectivity index (χ0) is 35.9. The van der Waals surface area contributed by atoms with Crippen molar-refractivity contribution < 1.29 is 33.8 Å². The third-order valence-corrected chi connectivity index (χ3v) is 11.2. The number of aliphatic hydroxyl groups is 1. The predicted molar refractivity (Wildman–Crippen MR) is 194 cm³/mol. The minimum Gasteiger partial charge on any atom is -0.463 e. The van der Waals surface area contributed by atoms with Crippen LogP contribution in [0.5, 0.6) is 0 Å². The van der Waals surface area contributed by atoms with E-state index in [4.69, 9.17) is 21.1 Å². The van der Waals surface area contributed by atoms with Gasteiger partial charge in [-0.15, -0.1) is 0 Å². The number of likely N-dealkylation sites (tertiary alicyclic amines) is 1. The van der Waals surface area contributed by atoms with Gasteiger partial charge in [0, 0.05) is 17.4 Å². The number of carbonyl (C=O) groups excluding carboxylic acids is 4. The first kappa shape index (κ1) is 35.1. The molecule has 2 fully saturated rings. The smallest absolute Gasteiger partial charge is 0.306 e. The van der Waals surface area contributed by atoms with Gasteiger partial charge in [-0.2, -0.15) is 0 Å². The summed E-state index contributed by atoms with van der Waals surface area (Å²) in [6.07, 6.45) is 4.88. The molecule has 0 radical (unpaired) electrons. The van der Waals surface area contributed by atoms with E-state index in [1.54, 1.807) is 54.6 Å². The molecule has 3 aromatic carbocycles. The van der Waals surface area contributed by atoms with Gasteiger partial charge >= 0.3 is 5.97 Å². The molecule has 4 aliphatic heterocycles. The van der Waals surface area contributed by atoms with Crippen LogP contribution in [0, 0.1) is 18.8 Å². The van der Waals surface area contributed by atoms with Crippen molar-refractivity contribution in [2.24, 2.45) is 11.8 Å². The molecule has 2 N–H and O–H groups in total. The molecule has 5 bridgehead atoms. The Morgan fingerprint density at radius 1 is 0.980 bits per heavy atom. The number of rotatable bonds is 5. The minimum absolute atomic E-state index is 0.0567. The van der Waals surface area contributed by atoms with E-state index in [9.17, 15) is 19.5 Å². The molecule has 7 atom stereocenters. The molecule has 1 spiro atoms. The van der Waals surface area contributed by atoms with Gasteiger partial charge in [-0.1, -0.05) is 112 Å². The zero-order valence-electron chi connectivity index (χ0n) is 27.8. The van der Waals surface area contributed by atoms with E-state index in [0.29, 0.717) is 32.7 Å². The maximum atomic E-state index is 15.4. The van der Waals surface area contributed by atoms with Gasteiger partial charge in [-0.25, -0.2) is 0 Å². The second-order valence-electron chi connectivity index (χ2n) is 13.2. The highest BCUT2D eigenvalue weighted by molar-refractivity contribution is 9.11. The fraction of sp³-hybridized carbons (Fsp3) is 0.333. The SMILES string of the molecule is Cc1cccc(Cl)c1N1C/C=C\CCC(=O)OC[C@H](c2ccccc2)NC(=O)[C@H]2[C@@H]3O[C@@]4(C=C3Br)[C@@H]2C(=O)N([C@H](CO)c2ccccc2)[C@@H]4C1=O. The summed E-state index contributed by atoms with van der Waals surface area (Å²) >= 11 is 10.4. The zero-order valence-corrected chi connectivity index (χ0v) is 30.1. The van der Waals surface area contributed by atoms with E-state index < -0.39 is 72.0 Å². The van der Waals surface area contributed by atoms with Gasteiger partial charge in [0.2, 0.25) is 11.8 Å². The summed E-state index contributed by atoms with van der Waals surface area (Å²) in [7, 11) is 0. The number of carbonyl (C=O) groups is 4. The molecular formula is C39H37BrClN3O7. The number of nitrogens with one attached hydrogen (secondary N) is 1. The molecule has 264 valence electrons. The summed E-state index contributed by atoms with van der Waals surface area (Å²) in [4.78, 5) is 60.6. The van der Waals surface area contributed by atoms with Crippen LogP contribution in [0.25, 0.3) is 0 Å². The van der Waals surface area contributed by atoms with Crippen molar-refractivity contribution in [1.29, 1.82) is 0 Å². The number of anilines is 1. The molecule has 4 heterocycles. The summed E-state index contributed by atoms with van der Waals surface area (Å²) in [5.74, 6) is -4.10. The normalized spacial score (nSPS) is 29.3. The lowest BCUT2D eigenvalue weighted by Crippen LogP contribution is -2.57. The first-order valence-electron chi connectivity index (χ1n) is 16.9. The van der Waals surface area contributed by atoms with Crippen LogP contribution in [0.3, 0.4) is 0 Å². The van der Waals surface area contributed by atoms with Crippen LogP contribution in [-0.2, 0) is 28.7 Å². The highest BCUT2D eigenvalue weighted by atomic mass is 79.9. The van der Waals surface area contributed by atoms with E-state index in [-0.39, 0.29) is 19.6 Å². The van der Waals surface area contributed by atoms with Gasteiger partial charge in [0.05, 0.1) is 41.2 Å². The Labute approximate surface area is 309 Å². The quantitative estimate of drug-likeness (QED) is 0.265. The third-order valence-electron chi connectivity index (χ3n) is 10.2. The van der Waals surface area contributed by atoms with E-state index in [0.717, 1.165) is 5.56 Å². The third kappa shape index (κ3) is 6.20. The Balaban J connectivity index is 1.40. The number of aryl methyl sites for hydroxylation is 1. The number of aliphatic hydroxyl groups excluding tert-OH is 1. The number of para-hydroxylation sites is 1. The molecule has 0 unspecified atom stereocenters. The number of fused-ring (bicyclic) bond motifs is 2. The minimum atomic E-state index is -1.57. The maximum absolute atomic E-state index is 15.4. The highest BCUT2D eigenvalue weighted by Gasteiger charge is 2.75. The number of nitrogens with zero attached hydrogens (tertiary/aromatic N) is 2. The second-order valence-corrected chi connectivity index (χ2v) is 14.5. The average Bonchev–Trinajstić information content (AvgIpc) is 3.72. The number of benzene rings is 3. The first-order chi connectivity index (χ1) is 24.7. The Morgan fingerprint density at radius 3 is 2.41 bits per heavy atom. The number of halogens is 2. The van der Waals surface area contributed by atoms with Crippen molar-refractivity contribution in [2.75, 3.05) is 24.7 Å². The first-order valence-corrected chi connectivity index (χ1v) is 18.1. The molecule has 51 heavy (non-hydrogen) atoms. The molecule has 0 aliphatic carbocycles. The molecule has 3 amide bonds. The molecule has 2 saturated heterocycles. The lowest BCUT2D eigenvalue weighted by molar-refractivity contribution is -0.146. The van der Waals surface area contributed by atoms with Crippen molar-refractivity contribution in [2.45, 2.75) is 49.6 Å². The number of hydrogen-bond donors (Lipinski definition) is 2. The van der Waals surface area contributed by atoms with Gasteiger partial charge in [0.25, 0.3) is 5.91 Å². The number of ether oxygens (including phenoxy) is 2. The van der Waals surface area contributed by atoms with Crippen molar-refractivity contribution >= 4 is 56.9 Å². The highest BCUT2D eigenvalue weighted by Crippen LogP contribution is 2.60. The van der Waals surface area contributed by atoms with Crippen LogP contribution in [-0.4, -0.2) is 71.2 Å².